The molecule has 38 heavy (non-hydrogen) atoms. The van der Waals surface area contributed by atoms with E-state index in [1.54, 1.807) is 0 Å². The molecule has 4 heterocycles. The van der Waals surface area contributed by atoms with Crippen molar-refractivity contribution in [3.8, 4) is 5.75 Å². The normalized spacial score (nSPS) is 18.6. The van der Waals surface area contributed by atoms with Gasteiger partial charge in [-0.3, -0.25) is 4.79 Å². The van der Waals surface area contributed by atoms with Crippen LogP contribution in [0.5, 0.6) is 5.75 Å². The molecular formula is C29H35N7O2. The lowest BCUT2D eigenvalue weighted by Crippen LogP contribution is -2.49. The molecule has 0 aliphatic carbocycles. The minimum atomic E-state index is -0.0125. The van der Waals surface area contributed by atoms with Gasteiger partial charge in [-0.2, -0.15) is 4.98 Å². The van der Waals surface area contributed by atoms with Crippen molar-refractivity contribution in [2.24, 2.45) is 0 Å². The van der Waals surface area contributed by atoms with E-state index in [0.717, 1.165) is 86.2 Å². The Labute approximate surface area is 223 Å². The van der Waals surface area contributed by atoms with E-state index in [1.165, 1.54) is 11.6 Å². The minimum Gasteiger partial charge on any atom is -0.508 e. The van der Waals surface area contributed by atoms with Crippen molar-refractivity contribution in [3.63, 3.8) is 0 Å². The first-order chi connectivity index (χ1) is 18.5. The van der Waals surface area contributed by atoms with Crippen LogP contribution >= 0.6 is 0 Å². The molecule has 0 unspecified atom stereocenters. The highest BCUT2D eigenvalue weighted by Gasteiger charge is 2.30. The van der Waals surface area contributed by atoms with Gasteiger partial charge in [0.15, 0.2) is 0 Å². The predicted octanol–water partition coefficient (Wildman–Crippen LogP) is 2.48. The average molecular weight is 514 g/mol. The number of likely N-dealkylation sites (N-methyl/N-ethyl adjacent to an activating group) is 1. The first-order valence-corrected chi connectivity index (χ1v) is 13.5. The summed E-state index contributed by atoms with van der Waals surface area (Å²) >= 11 is 0. The number of phenols is 1. The third kappa shape index (κ3) is 4.62. The van der Waals surface area contributed by atoms with E-state index in [0.29, 0.717) is 19.6 Å². The van der Waals surface area contributed by atoms with Crippen LogP contribution in [-0.4, -0.2) is 96.7 Å². The molecule has 0 radical (unpaired) electrons. The van der Waals surface area contributed by atoms with Gasteiger partial charge in [0.1, 0.15) is 11.6 Å². The number of amides is 1. The summed E-state index contributed by atoms with van der Waals surface area (Å²) in [5.41, 5.74) is 3.28. The molecule has 198 valence electrons. The molecule has 6 rings (SSSR count). The molecule has 3 aliphatic heterocycles. The predicted molar refractivity (Wildman–Crippen MR) is 151 cm³/mol. The number of aromatic nitrogens is 2. The molecule has 0 bridgehead atoms. The number of carbonyl (C=O) groups is 1. The summed E-state index contributed by atoms with van der Waals surface area (Å²) in [4.78, 5) is 33.6. The van der Waals surface area contributed by atoms with Crippen molar-refractivity contribution in [2.75, 3.05) is 80.7 Å². The lowest BCUT2D eigenvalue weighted by atomic mass is 10.0. The van der Waals surface area contributed by atoms with Gasteiger partial charge >= 0.3 is 0 Å². The summed E-state index contributed by atoms with van der Waals surface area (Å²) < 4.78 is 0. The van der Waals surface area contributed by atoms with Gasteiger partial charge in [0.05, 0.1) is 12.2 Å². The maximum atomic E-state index is 12.1. The van der Waals surface area contributed by atoms with Crippen LogP contribution in [0.15, 0.2) is 49.1 Å². The van der Waals surface area contributed by atoms with Gasteiger partial charge in [-0.25, -0.2) is 4.98 Å². The molecule has 1 aromatic heterocycles. The van der Waals surface area contributed by atoms with Crippen molar-refractivity contribution in [2.45, 2.75) is 13.0 Å². The SMILES string of the molecule is C=CC(=O)N1CCN(c2nc(N3CCN(C)CC3)nc3c2CCN(c2cc(O)cc4ccccc24)C3)CC1. The standard InChI is InChI=1S/C29H35N7O2/c1-3-27(38)33-14-16-34(17-15-33)28-24-8-9-36(26-19-22(37)18-21-6-4-5-7-23(21)26)20-25(24)30-29(31-28)35-12-10-32(2)11-13-35/h3-7,18-19,37H,1,8-17,20H2,2H3. The molecule has 3 aromatic rings. The Bertz CT molecular complexity index is 1360. The van der Waals surface area contributed by atoms with Gasteiger partial charge in [0, 0.05) is 81.6 Å². The van der Waals surface area contributed by atoms with Crippen LogP contribution in [0.25, 0.3) is 10.8 Å². The molecular weight excluding hydrogens is 478 g/mol. The molecule has 2 aromatic carbocycles. The lowest BCUT2D eigenvalue weighted by molar-refractivity contribution is -0.126. The Kier molecular flexibility index (Phi) is 6.53. The average Bonchev–Trinajstić information content (AvgIpc) is 2.96. The molecule has 9 nitrogen and oxygen atoms in total. The topological polar surface area (TPSA) is 79.3 Å². The molecule has 1 amide bonds. The number of benzene rings is 2. The van der Waals surface area contributed by atoms with Crippen LogP contribution in [0.1, 0.15) is 11.3 Å². The Hall–Kier alpha value is -3.85. The second-order valence-electron chi connectivity index (χ2n) is 10.4. The summed E-state index contributed by atoms with van der Waals surface area (Å²) in [6, 6.07) is 11.9. The minimum absolute atomic E-state index is 0.0125. The summed E-state index contributed by atoms with van der Waals surface area (Å²) in [6.45, 7) is 11.7. The fraction of sp³-hybridized carbons (Fsp3) is 0.414. The summed E-state index contributed by atoms with van der Waals surface area (Å²) in [6.07, 6.45) is 2.22. The van der Waals surface area contributed by atoms with Crippen LogP contribution in [-0.2, 0) is 17.8 Å². The zero-order valence-electron chi connectivity index (χ0n) is 22.0. The van der Waals surface area contributed by atoms with Crippen LogP contribution in [0.4, 0.5) is 17.5 Å². The van der Waals surface area contributed by atoms with Crippen molar-refractivity contribution >= 4 is 34.1 Å². The number of aromatic hydroxyl groups is 1. The van der Waals surface area contributed by atoms with E-state index in [4.69, 9.17) is 9.97 Å². The molecule has 1 N–H and O–H groups in total. The van der Waals surface area contributed by atoms with Crippen LogP contribution in [0.2, 0.25) is 0 Å². The highest BCUT2D eigenvalue weighted by molar-refractivity contribution is 5.95. The van der Waals surface area contributed by atoms with Crippen molar-refractivity contribution < 1.29 is 9.90 Å². The zero-order chi connectivity index (χ0) is 26.2. The molecule has 2 fully saturated rings. The molecule has 0 spiro atoms. The van der Waals surface area contributed by atoms with Gasteiger partial charge in [-0.05, 0) is 31.0 Å². The fourth-order valence-corrected chi connectivity index (χ4v) is 5.82. The summed E-state index contributed by atoms with van der Waals surface area (Å²) in [5, 5.41) is 12.6. The number of hydrogen-bond donors (Lipinski definition) is 1. The van der Waals surface area contributed by atoms with Crippen molar-refractivity contribution in [3.05, 3.63) is 60.3 Å². The molecule has 0 atom stereocenters. The number of piperazine rings is 2. The lowest BCUT2D eigenvalue weighted by Gasteiger charge is -2.39. The van der Waals surface area contributed by atoms with Gasteiger partial charge < -0.3 is 29.6 Å². The molecule has 2 saturated heterocycles. The van der Waals surface area contributed by atoms with E-state index in [9.17, 15) is 9.90 Å². The maximum Gasteiger partial charge on any atom is 0.246 e. The smallest absolute Gasteiger partial charge is 0.246 e. The highest BCUT2D eigenvalue weighted by atomic mass is 16.3. The van der Waals surface area contributed by atoms with E-state index in [2.05, 4.69) is 39.3 Å². The van der Waals surface area contributed by atoms with E-state index in [1.807, 2.05) is 35.2 Å². The maximum absolute atomic E-state index is 12.1. The number of carbonyl (C=O) groups excluding carboxylic acids is 1. The van der Waals surface area contributed by atoms with Crippen LogP contribution in [0.3, 0.4) is 0 Å². The Morgan fingerprint density at radius 2 is 1.66 bits per heavy atom. The highest BCUT2D eigenvalue weighted by Crippen LogP contribution is 2.36. The zero-order valence-corrected chi connectivity index (χ0v) is 22.0. The van der Waals surface area contributed by atoms with Crippen LogP contribution in [0, 0.1) is 0 Å². The van der Waals surface area contributed by atoms with Crippen molar-refractivity contribution in [1.82, 2.24) is 19.8 Å². The number of phenolic OH excluding ortho intramolecular Hbond substituents is 1. The first-order valence-electron chi connectivity index (χ1n) is 13.5. The summed E-state index contributed by atoms with van der Waals surface area (Å²) in [5.74, 6) is 2.06. The number of fused-ring (bicyclic) bond motifs is 2. The van der Waals surface area contributed by atoms with Crippen LogP contribution < -0.4 is 14.7 Å². The molecule has 3 aliphatic rings. The van der Waals surface area contributed by atoms with E-state index in [-0.39, 0.29) is 11.7 Å². The third-order valence-corrected chi connectivity index (χ3v) is 8.05. The second kappa shape index (κ2) is 10.1. The largest absolute Gasteiger partial charge is 0.508 e. The van der Waals surface area contributed by atoms with Gasteiger partial charge in [0.25, 0.3) is 0 Å². The van der Waals surface area contributed by atoms with E-state index >= 15 is 0 Å². The monoisotopic (exact) mass is 513 g/mol. The van der Waals surface area contributed by atoms with E-state index < -0.39 is 0 Å². The molecule has 9 heteroatoms. The Morgan fingerprint density at radius 1 is 0.921 bits per heavy atom. The fourth-order valence-electron chi connectivity index (χ4n) is 5.82. The van der Waals surface area contributed by atoms with Gasteiger partial charge in [-0.15, -0.1) is 0 Å². The Balaban J connectivity index is 1.35. The van der Waals surface area contributed by atoms with Gasteiger partial charge in [0.2, 0.25) is 11.9 Å². The first kappa shape index (κ1) is 24.5. The summed E-state index contributed by atoms with van der Waals surface area (Å²) in [7, 11) is 2.15. The quantitative estimate of drug-likeness (QED) is 0.534. The number of rotatable bonds is 4. The number of anilines is 3. The third-order valence-electron chi connectivity index (χ3n) is 8.05. The Morgan fingerprint density at radius 3 is 2.42 bits per heavy atom. The second-order valence-corrected chi connectivity index (χ2v) is 10.4. The number of nitrogens with zero attached hydrogens (tertiary/aromatic N) is 7. The van der Waals surface area contributed by atoms with Gasteiger partial charge in [-0.1, -0.05) is 30.8 Å². The number of hydrogen-bond acceptors (Lipinski definition) is 8. The van der Waals surface area contributed by atoms with Crippen molar-refractivity contribution in [1.29, 1.82) is 0 Å². The molecule has 0 saturated carbocycles.